The maximum absolute atomic E-state index is 14.2. The van der Waals surface area contributed by atoms with Gasteiger partial charge in [-0.25, -0.2) is 8.78 Å². The first-order valence-electron chi connectivity index (χ1n) is 15.3. The minimum atomic E-state index is -1.74. The molecule has 0 aromatic heterocycles. The lowest BCUT2D eigenvalue weighted by Gasteiger charge is -2.42. The average molecular weight is 647 g/mol. The molecular weight excluding hydrogens is 596 g/mol. The van der Waals surface area contributed by atoms with Crippen molar-refractivity contribution in [3.05, 3.63) is 69.3 Å². The molecule has 0 spiro atoms. The molecule has 0 atom stereocenters. The highest BCUT2D eigenvalue weighted by Gasteiger charge is 2.46. The van der Waals surface area contributed by atoms with Crippen LogP contribution < -0.4 is 15.4 Å². The van der Waals surface area contributed by atoms with Crippen LogP contribution in [0.5, 0.6) is 0 Å². The van der Waals surface area contributed by atoms with Crippen molar-refractivity contribution < 1.29 is 8.78 Å². The molecule has 41 heavy (non-hydrogen) atoms. The standard InChI is InChI=1S/C19H30FNSi2.C14H20ClFSi2/c1-14-12-16-17(13-14)19(11-10-18(16)20)22(2,3)23(4,5)21-15-8-6-7-9-15;1-10-8-11-12(9-10)14(7-6-13(11)16)17(2,3)18(4,5)15/h10-12,15,21H,6-9,13H2,1-5H3;6-8H,9H2,1-5H3. The monoisotopic (exact) mass is 645 g/mol. The van der Waals surface area contributed by atoms with Gasteiger partial charge in [0.05, 0.1) is 15.2 Å². The summed E-state index contributed by atoms with van der Waals surface area (Å²) in [5.41, 5.74) is 6.69. The average Bonchev–Trinajstić information content (AvgIpc) is 3.58. The fraction of sp³-hybridized carbons (Fsp3) is 0.515. The number of benzene rings is 2. The molecule has 0 unspecified atom stereocenters. The van der Waals surface area contributed by atoms with E-state index in [0.29, 0.717) is 0 Å². The molecule has 0 aliphatic heterocycles. The van der Waals surface area contributed by atoms with E-state index in [-0.39, 0.29) is 11.6 Å². The van der Waals surface area contributed by atoms with Crippen LogP contribution >= 0.6 is 11.1 Å². The van der Waals surface area contributed by atoms with E-state index in [9.17, 15) is 8.78 Å². The molecule has 0 bridgehead atoms. The van der Waals surface area contributed by atoms with Crippen molar-refractivity contribution in [3.8, 4) is 0 Å². The second kappa shape index (κ2) is 11.8. The van der Waals surface area contributed by atoms with Crippen LogP contribution in [0.1, 0.15) is 61.8 Å². The number of nitrogens with one attached hydrogen (secondary N) is 1. The van der Waals surface area contributed by atoms with Crippen molar-refractivity contribution in [3.63, 3.8) is 0 Å². The number of halogens is 3. The van der Waals surface area contributed by atoms with E-state index in [0.717, 1.165) is 30.0 Å². The first kappa shape index (κ1) is 32.8. The van der Waals surface area contributed by atoms with Crippen molar-refractivity contribution in [2.24, 2.45) is 0 Å². The topological polar surface area (TPSA) is 12.0 Å². The van der Waals surface area contributed by atoms with Crippen LogP contribution in [0.25, 0.3) is 12.2 Å². The highest BCUT2D eigenvalue weighted by Crippen LogP contribution is 2.32. The fourth-order valence-corrected chi connectivity index (χ4v) is 20.6. The van der Waals surface area contributed by atoms with E-state index in [2.05, 4.69) is 83.3 Å². The maximum atomic E-state index is 14.2. The van der Waals surface area contributed by atoms with E-state index in [1.165, 1.54) is 58.3 Å². The Balaban J connectivity index is 0.000000195. The third-order valence-electron chi connectivity index (χ3n) is 10.6. The Morgan fingerprint density at radius 3 is 1.51 bits per heavy atom. The Morgan fingerprint density at radius 2 is 1.10 bits per heavy atom. The van der Waals surface area contributed by atoms with Crippen molar-refractivity contribution in [2.45, 2.75) is 111 Å². The lowest BCUT2D eigenvalue weighted by atomic mass is 10.1. The largest absolute Gasteiger partial charge is 0.336 e. The van der Waals surface area contributed by atoms with Gasteiger partial charge in [-0.2, -0.15) is 11.1 Å². The molecule has 0 amide bonds. The summed E-state index contributed by atoms with van der Waals surface area (Å²) in [6.07, 6.45) is 11.3. The van der Waals surface area contributed by atoms with E-state index in [1.54, 1.807) is 12.1 Å². The summed E-state index contributed by atoms with van der Waals surface area (Å²) in [6.45, 7) is 21.5. The smallest absolute Gasteiger partial charge is 0.146 e. The Hall–Kier alpha value is -1.10. The summed E-state index contributed by atoms with van der Waals surface area (Å²) < 4.78 is 28.1. The molecule has 3 aliphatic carbocycles. The zero-order chi connectivity index (χ0) is 30.5. The summed E-state index contributed by atoms with van der Waals surface area (Å²) in [6, 6.07) is 8.14. The third kappa shape index (κ3) is 6.41. The lowest BCUT2D eigenvalue weighted by molar-refractivity contribution is 0.624. The number of allylic oxidation sites excluding steroid dienone is 2. The summed E-state index contributed by atoms with van der Waals surface area (Å²) in [5, 5.41) is 2.85. The number of hydrogen-bond acceptors (Lipinski definition) is 1. The minimum Gasteiger partial charge on any atom is -0.336 e. The van der Waals surface area contributed by atoms with Gasteiger partial charge in [0.1, 0.15) is 26.3 Å². The predicted octanol–water partition coefficient (Wildman–Crippen LogP) is 8.74. The molecule has 1 fully saturated rings. The van der Waals surface area contributed by atoms with Gasteiger partial charge in [0.25, 0.3) is 0 Å². The van der Waals surface area contributed by atoms with Gasteiger partial charge >= 0.3 is 0 Å². The number of rotatable bonds is 6. The molecule has 0 saturated heterocycles. The van der Waals surface area contributed by atoms with Gasteiger partial charge in [-0.3, -0.25) is 0 Å². The summed E-state index contributed by atoms with van der Waals surface area (Å²) in [5.74, 6) is -0.141. The molecule has 2 aromatic carbocycles. The van der Waals surface area contributed by atoms with Gasteiger partial charge in [-0.15, -0.1) is 0 Å². The minimum absolute atomic E-state index is 0.0476. The van der Waals surface area contributed by atoms with Crippen molar-refractivity contribution in [1.82, 2.24) is 4.98 Å². The predicted molar refractivity (Wildman–Crippen MR) is 188 cm³/mol. The number of hydrogen-bond donors (Lipinski definition) is 1. The summed E-state index contributed by atoms with van der Waals surface area (Å²) >= 11 is 6.73. The summed E-state index contributed by atoms with van der Waals surface area (Å²) in [4.78, 5) is 4.10. The van der Waals surface area contributed by atoms with Crippen molar-refractivity contribution >= 4 is 63.4 Å². The van der Waals surface area contributed by atoms with Crippen LogP contribution in [-0.4, -0.2) is 35.9 Å². The van der Waals surface area contributed by atoms with Crippen LogP contribution in [0.4, 0.5) is 8.78 Å². The van der Waals surface area contributed by atoms with E-state index >= 15 is 0 Å². The highest BCUT2D eigenvalue weighted by atomic mass is 35.6. The van der Waals surface area contributed by atoms with Crippen LogP contribution in [-0.2, 0) is 12.8 Å². The molecule has 1 nitrogen and oxygen atoms in total. The van der Waals surface area contributed by atoms with Crippen LogP contribution in [0.2, 0.25) is 52.4 Å². The highest BCUT2D eigenvalue weighted by molar-refractivity contribution is 7.61. The van der Waals surface area contributed by atoms with Gasteiger partial charge in [0.2, 0.25) is 0 Å². The molecule has 1 saturated carbocycles. The van der Waals surface area contributed by atoms with Gasteiger partial charge in [0, 0.05) is 17.2 Å². The Bertz CT molecular complexity index is 1380. The Kier molecular flexibility index (Phi) is 9.42. The summed E-state index contributed by atoms with van der Waals surface area (Å²) in [7, 11) is -4.92. The molecule has 2 aromatic rings. The van der Waals surface area contributed by atoms with E-state index in [1.807, 2.05) is 12.1 Å². The molecule has 3 aliphatic rings. The molecule has 1 N–H and O–H groups in total. The fourth-order valence-electron chi connectivity index (χ4n) is 6.71. The van der Waals surface area contributed by atoms with Crippen LogP contribution in [0, 0.1) is 11.6 Å². The lowest BCUT2D eigenvalue weighted by Crippen LogP contribution is -2.72. The zero-order valence-electron chi connectivity index (χ0n) is 26.9. The Labute approximate surface area is 256 Å². The Morgan fingerprint density at radius 1 is 0.683 bits per heavy atom. The van der Waals surface area contributed by atoms with Gasteiger partial charge < -0.3 is 4.98 Å². The van der Waals surface area contributed by atoms with E-state index < -0.39 is 29.8 Å². The normalized spacial score (nSPS) is 17.6. The van der Waals surface area contributed by atoms with Gasteiger partial charge in [0.15, 0.2) is 0 Å². The van der Waals surface area contributed by atoms with E-state index in [4.69, 9.17) is 11.1 Å². The zero-order valence-corrected chi connectivity index (χ0v) is 31.7. The SMILES string of the molecule is CC1=Cc2c(F)ccc([Si](C)(C)[Si](C)(C)Cl)c2C1.CC1=Cc2c(F)ccc([Si](C)(C)[Si](C)(C)NC3CCCC3)c2C1. The molecule has 8 heteroatoms. The third-order valence-corrected chi connectivity index (χ3v) is 46.1. The number of fused-ring (bicyclic) bond motifs is 2. The maximum Gasteiger partial charge on any atom is 0.146 e. The van der Waals surface area contributed by atoms with Crippen molar-refractivity contribution in [1.29, 1.82) is 0 Å². The quantitative estimate of drug-likeness (QED) is 0.245. The molecule has 224 valence electrons. The second-order valence-electron chi connectivity index (χ2n) is 14.8. The van der Waals surface area contributed by atoms with Crippen LogP contribution in [0.3, 0.4) is 0 Å². The van der Waals surface area contributed by atoms with Crippen LogP contribution in [0.15, 0.2) is 35.4 Å². The second-order valence-corrected chi connectivity index (χ2v) is 47.6. The van der Waals surface area contributed by atoms with Gasteiger partial charge in [-0.05, 0) is 62.8 Å². The first-order chi connectivity index (χ1) is 18.9. The molecular formula is C33H50ClF2NSi4. The molecule has 5 rings (SSSR count). The molecule has 0 radical (unpaired) electrons. The van der Waals surface area contributed by atoms with Gasteiger partial charge in [-0.1, -0.05) is 111 Å². The van der Waals surface area contributed by atoms with Crippen molar-refractivity contribution in [2.75, 3.05) is 0 Å². The molecule has 0 heterocycles. The first-order valence-corrected chi connectivity index (χ1v) is 30.3.